The van der Waals surface area contributed by atoms with Gasteiger partial charge in [0.15, 0.2) is 0 Å². The molecule has 0 aliphatic carbocycles. The molecule has 0 radical (unpaired) electrons. The molecular formula is C22H25ClN2O3. The first kappa shape index (κ1) is 19.2. The molecule has 2 fully saturated rings. The molecule has 0 bridgehead atoms. The Bertz CT molecular complexity index is 801. The predicted molar refractivity (Wildman–Crippen MR) is 108 cm³/mol. The minimum absolute atomic E-state index is 0.0108. The number of carbonyl (C=O) groups excluding carboxylic acids is 1. The number of amides is 1. The van der Waals surface area contributed by atoms with Crippen LogP contribution in [0.2, 0.25) is 5.02 Å². The van der Waals surface area contributed by atoms with Gasteiger partial charge in [-0.1, -0.05) is 41.9 Å². The number of likely N-dealkylation sites (tertiary alicyclic amines) is 1. The summed E-state index contributed by atoms with van der Waals surface area (Å²) in [5, 5.41) is 0.372. The van der Waals surface area contributed by atoms with Crippen molar-refractivity contribution in [2.24, 2.45) is 5.92 Å². The number of hydrogen-bond acceptors (Lipinski definition) is 4. The smallest absolute Gasteiger partial charge is 0.255 e. The number of nitrogens with zero attached hydrogens (tertiary/aromatic N) is 2. The maximum absolute atomic E-state index is 12.8. The van der Waals surface area contributed by atoms with Gasteiger partial charge in [-0.2, -0.15) is 0 Å². The van der Waals surface area contributed by atoms with E-state index in [1.54, 1.807) is 12.3 Å². The van der Waals surface area contributed by atoms with E-state index in [0.29, 0.717) is 35.6 Å². The fraction of sp³-hybridized carbons (Fsp3) is 0.455. The Morgan fingerprint density at radius 3 is 2.68 bits per heavy atom. The summed E-state index contributed by atoms with van der Waals surface area (Å²) in [6.07, 6.45) is 5.49. The van der Waals surface area contributed by atoms with Crippen LogP contribution < -0.4 is 4.74 Å². The number of piperidine rings is 1. The minimum atomic E-state index is -0.0183. The van der Waals surface area contributed by atoms with Gasteiger partial charge in [0.1, 0.15) is 11.1 Å². The molecule has 0 N–H and O–H groups in total. The Morgan fingerprint density at radius 1 is 1.21 bits per heavy atom. The molecule has 1 aromatic carbocycles. The summed E-state index contributed by atoms with van der Waals surface area (Å²) >= 11 is 6.31. The predicted octanol–water partition coefficient (Wildman–Crippen LogP) is 4.00. The summed E-state index contributed by atoms with van der Waals surface area (Å²) in [5.74, 6) is 0.983. The highest BCUT2D eigenvalue weighted by Gasteiger charge is 2.25. The van der Waals surface area contributed by atoms with Crippen molar-refractivity contribution in [3.05, 3.63) is 58.7 Å². The van der Waals surface area contributed by atoms with Crippen LogP contribution in [-0.2, 0) is 11.2 Å². The van der Waals surface area contributed by atoms with E-state index in [4.69, 9.17) is 21.1 Å². The number of pyridine rings is 1. The van der Waals surface area contributed by atoms with E-state index in [1.807, 2.05) is 11.0 Å². The molecule has 5 nitrogen and oxygen atoms in total. The van der Waals surface area contributed by atoms with Crippen molar-refractivity contribution in [3.63, 3.8) is 0 Å². The van der Waals surface area contributed by atoms with E-state index < -0.39 is 0 Å². The van der Waals surface area contributed by atoms with Gasteiger partial charge in [0.2, 0.25) is 5.88 Å². The van der Waals surface area contributed by atoms with Crippen LogP contribution in [0.5, 0.6) is 5.88 Å². The van der Waals surface area contributed by atoms with Crippen LogP contribution in [0.25, 0.3) is 0 Å². The van der Waals surface area contributed by atoms with E-state index in [2.05, 4.69) is 29.2 Å². The Kier molecular flexibility index (Phi) is 6.13. The van der Waals surface area contributed by atoms with E-state index in [0.717, 1.165) is 38.8 Å². The molecule has 148 valence electrons. The lowest BCUT2D eigenvalue weighted by Gasteiger charge is -2.32. The fourth-order valence-corrected chi connectivity index (χ4v) is 4.07. The third kappa shape index (κ3) is 4.65. The van der Waals surface area contributed by atoms with Crippen LogP contribution >= 0.6 is 11.6 Å². The monoisotopic (exact) mass is 400 g/mol. The molecule has 1 amide bonds. The number of carbonyl (C=O) groups is 1. The van der Waals surface area contributed by atoms with Gasteiger partial charge in [0.25, 0.3) is 5.91 Å². The number of rotatable bonds is 5. The van der Waals surface area contributed by atoms with Crippen LogP contribution in [0, 0.1) is 5.92 Å². The first-order valence-electron chi connectivity index (χ1n) is 9.92. The number of benzene rings is 1. The lowest BCUT2D eigenvalue weighted by Crippen LogP contribution is -2.39. The van der Waals surface area contributed by atoms with Crippen LogP contribution in [0.3, 0.4) is 0 Å². The average molecular weight is 401 g/mol. The molecule has 2 aliphatic heterocycles. The van der Waals surface area contributed by atoms with Crippen molar-refractivity contribution in [2.75, 3.05) is 26.3 Å². The molecule has 2 aromatic rings. The molecular weight excluding hydrogens is 376 g/mol. The summed E-state index contributed by atoms with van der Waals surface area (Å²) in [7, 11) is 0. The summed E-state index contributed by atoms with van der Waals surface area (Å²) in [5.41, 5.74) is 1.88. The van der Waals surface area contributed by atoms with Crippen molar-refractivity contribution in [1.82, 2.24) is 9.88 Å². The third-order valence-corrected chi connectivity index (χ3v) is 5.76. The summed E-state index contributed by atoms with van der Waals surface area (Å²) < 4.78 is 11.1. The van der Waals surface area contributed by atoms with Crippen molar-refractivity contribution >= 4 is 17.5 Å². The van der Waals surface area contributed by atoms with Gasteiger partial charge in [-0.25, -0.2) is 4.98 Å². The van der Waals surface area contributed by atoms with Crippen molar-refractivity contribution < 1.29 is 14.3 Å². The van der Waals surface area contributed by atoms with Gasteiger partial charge in [-0.3, -0.25) is 4.79 Å². The van der Waals surface area contributed by atoms with Gasteiger partial charge >= 0.3 is 0 Å². The second kappa shape index (κ2) is 8.93. The standard InChI is InChI=1S/C22H25ClN2O3/c23-20-13-18(14-24-21(20)28-19-8-11-27-15-19)22(26)25-9-6-17(7-10-25)12-16-4-2-1-3-5-16/h1-5,13-14,17,19H,6-12,15H2. The van der Waals surface area contributed by atoms with E-state index in [1.165, 1.54) is 5.56 Å². The molecule has 1 unspecified atom stereocenters. The lowest BCUT2D eigenvalue weighted by atomic mass is 9.90. The maximum Gasteiger partial charge on any atom is 0.255 e. The van der Waals surface area contributed by atoms with Crippen LogP contribution in [0.1, 0.15) is 35.2 Å². The van der Waals surface area contributed by atoms with Crippen molar-refractivity contribution in [1.29, 1.82) is 0 Å². The molecule has 6 heteroatoms. The van der Waals surface area contributed by atoms with Crippen LogP contribution in [0.4, 0.5) is 0 Å². The maximum atomic E-state index is 12.8. The van der Waals surface area contributed by atoms with Crippen molar-refractivity contribution in [3.8, 4) is 5.88 Å². The summed E-state index contributed by atoms with van der Waals surface area (Å²) in [4.78, 5) is 19.0. The van der Waals surface area contributed by atoms with Gasteiger partial charge in [0.05, 0.1) is 18.8 Å². The lowest BCUT2D eigenvalue weighted by molar-refractivity contribution is 0.0690. The Balaban J connectivity index is 1.32. The highest BCUT2D eigenvalue weighted by Crippen LogP contribution is 2.27. The quantitative estimate of drug-likeness (QED) is 0.761. The number of hydrogen-bond donors (Lipinski definition) is 0. The molecule has 1 aromatic heterocycles. The zero-order valence-electron chi connectivity index (χ0n) is 15.9. The third-order valence-electron chi connectivity index (χ3n) is 5.49. The van der Waals surface area contributed by atoms with Gasteiger partial charge in [0, 0.05) is 25.7 Å². The zero-order valence-corrected chi connectivity index (χ0v) is 16.6. The molecule has 28 heavy (non-hydrogen) atoms. The van der Waals surface area contributed by atoms with Crippen LogP contribution in [-0.4, -0.2) is 48.2 Å². The first-order chi connectivity index (χ1) is 13.7. The van der Waals surface area contributed by atoms with Gasteiger partial charge in [-0.15, -0.1) is 0 Å². The SMILES string of the molecule is O=C(c1cnc(OC2CCOC2)c(Cl)c1)N1CCC(Cc2ccccc2)CC1. The Morgan fingerprint density at radius 2 is 2.00 bits per heavy atom. The summed E-state index contributed by atoms with van der Waals surface area (Å²) in [6, 6.07) is 12.2. The largest absolute Gasteiger partial charge is 0.471 e. The molecule has 2 aliphatic rings. The number of halogens is 1. The molecule has 0 saturated carbocycles. The van der Waals surface area contributed by atoms with Gasteiger partial charge in [-0.05, 0) is 36.8 Å². The van der Waals surface area contributed by atoms with Crippen LogP contribution in [0.15, 0.2) is 42.6 Å². The second-order valence-electron chi connectivity index (χ2n) is 7.54. The topological polar surface area (TPSA) is 51.7 Å². The average Bonchev–Trinajstić information content (AvgIpc) is 3.23. The molecule has 1 atom stereocenters. The first-order valence-corrected chi connectivity index (χ1v) is 10.3. The number of ether oxygens (including phenoxy) is 2. The molecule has 0 spiro atoms. The summed E-state index contributed by atoms with van der Waals surface area (Å²) in [6.45, 7) is 2.78. The Hall–Kier alpha value is -2.11. The zero-order chi connectivity index (χ0) is 19.3. The van der Waals surface area contributed by atoms with Crippen molar-refractivity contribution in [2.45, 2.75) is 31.8 Å². The van der Waals surface area contributed by atoms with E-state index in [9.17, 15) is 4.79 Å². The normalized spacial score (nSPS) is 20.3. The highest BCUT2D eigenvalue weighted by molar-refractivity contribution is 6.32. The minimum Gasteiger partial charge on any atom is -0.471 e. The number of aromatic nitrogens is 1. The molecule has 2 saturated heterocycles. The van der Waals surface area contributed by atoms with E-state index in [-0.39, 0.29) is 12.0 Å². The van der Waals surface area contributed by atoms with Gasteiger partial charge < -0.3 is 14.4 Å². The highest BCUT2D eigenvalue weighted by atomic mass is 35.5. The Labute approximate surface area is 170 Å². The van der Waals surface area contributed by atoms with E-state index >= 15 is 0 Å². The molecule has 4 rings (SSSR count). The fourth-order valence-electron chi connectivity index (χ4n) is 3.86. The molecule has 3 heterocycles. The second-order valence-corrected chi connectivity index (χ2v) is 7.95.